The molecule has 2 aromatic rings. The normalized spacial score (nSPS) is 21.9. The number of quaternary nitrogens is 1. The number of H-pyrrole nitrogens is 1. The lowest BCUT2D eigenvalue weighted by Gasteiger charge is -2.18. The standard InChI is InChI=1S/C20H26N4O6/c1-11-9-24(20(28)23-18(11)26)17-8-15(16(10-25)30-17)22-19(27)14(21)7-12-3-5-13(29-2)6-4-12/h3-6,9,14-17,25H,7-8,10,21H2,1-2H3,(H,22,27)(H,23,26,28)/p+1/t14-,15-,16+,17+/m0/s1. The van der Waals surface area contributed by atoms with Gasteiger partial charge in [-0.2, -0.15) is 0 Å². The third kappa shape index (κ3) is 4.78. The number of amides is 1. The Balaban J connectivity index is 1.66. The molecule has 1 saturated heterocycles. The zero-order valence-electron chi connectivity index (χ0n) is 17.0. The van der Waals surface area contributed by atoms with E-state index >= 15 is 0 Å². The van der Waals surface area contributed by atoms with Gasteiger partial charge in [0.2, 0.25) is 0 Å². The Kier molecular flexibility index (Phi) is 6.70. The number of carbonyl (C=O) groups excluding carboxylic acids is 1. The summed E-state index contributed by atoms with van der Waals surface area (Å²) in [6.45, 7) is 1.26. The Morgan fingerprint density at radius 2 is 2.10 bits per heavy atom. The third-order valence-electron chi connectivity index (χ3n) is 5.21. The Hall–Kier alpha value is -2.95. The number of carbonyl (C=O) groups is 1. The first kappa shape index (κ1) is 21.8. The molecule has 0 unspecified atom stereocenters. The Bertz CT molecular complexity index is 1000. The van der Waals surface area contributed by atoms with Gasteiger partial charge < -0.3 is 25.6 Å². The second-order valence-corrected chi connectivity index (χ2v) is 7.39. The smallest absolute Gasteiger partial charge is 0.330 e. The van der Waals surface area contributed by atoms with Gasteiger partial charge in [-0.05, 0) is 24.6 Å². The van der Waals surface area contributed by atoms with Crippen molar-refractivity contribution in [1.82, 2.24) is 14.9 Å². The predicted molar refractivity (Wildman–Crippen MR) is 107 cm³/mol. The molecule has 1 aromatic carbocycles. The van der Waals surface area contributed by atoms with Crippen LogP contribution in [0.2, 0.25) is 0 Å². The highest BCUT2D eigenvalue weighted by Gasteiger charge is 2.38. The lowest BCUT2D eigenvalue weighted by molar-refractivity contribution is -0.403. The Morgan fingerprint density at radius 3 is 2.73 bits per heavy atom. The number of aliphatic hydroxyl groups excluding tert-OH is 1. The van der Waals surface area contributed by atoms with Gasteiger partial charge in [0.05, 0.1) is 19.8 Å². The Labute approximate surface area is 172 Å². The molecule has 0 spiro atoms. The average molecular weight is 419 g/mol. The number of benzene rings is 1. The summed E-state index contributed by atoms with van der Waals surface area (Å²) in [5, 5.41) is 12.5. The van der Waals surface area contributed by atoms with Crippen molar-refractivity contribution in [3.63, 3.8) is 0 Å². The van der Waals surface area contributed by atoms with Gasteiger partial charge in [-0.15, -0.1) is 0 Å². The van der Waals surface area contributed by atoms with Gasteiger partial charge in [0.1, 0.15) is 18.1 Å². The molecule has 10 nitrogen and oxygen atoms in total. The monoisotopic (exact) mass is 419 g/mol. The number of rotatable bonds is 7. The number of aromatic nitrogens is 2. The van der Waals surface area contributed by atoms with Gasteiger partial charge in [0.25, 0.3) is 11.5 Å². The fourth-order valence-electron chi connectivity index (χ4n) is 3.46. The first-order chi connectivity index (χ1) is 14.3. The molecule has 0 saturated carbocycles. The van der Waals surface area contributed by atoms with Crippen LogP contribution in [0.15, 0.2) is 40.1 Å². The van der Waals surface area contributed by atoms with Crippen molar-refractivity contribution < 1.29 is 25.1 Å². The van der Waals surface area contributed by atoms with Crippen LogP contribution in [0, 0.1) is 6.92 Å². The van der Waals surface area contributed by atoms with Crippen LogP contribution in [-0.4, -0.2) is 52.5 Å². The van der Waals surface area contributed by atoms with E-state index in [1.165, 1.54) is 10.8 Å². The SMILES string of the molecule is COc1ccc(C[C@H]([NH3+])C(=O)N[C@H]2C[C@H](n3cc(C)c(=O)[nH]c3=O)O[C@@H]2CO)cc1. The van der Waals surface area contributed by atoms with Crippen LogP contribution in [0.3, 0.4) is 0 Å². The van der Waals surface area contributed by atoms with E-state index in [1.807, 2.05) is 24.3 Å². The molecule has 1 fully saturated rings. The minimum Gasteiger partial charge on any atom is -0.497 e. The van der Waals surface area contributed by atoms with Gasteiger partial charge in [0.15, 0.2) is 6.04 Å². The van der Waals surface area contributed by atoms with E-state index in [-0.39, 0.29) is 18.9 Å². The number of nitrogens with one attached hydrogen (secondary N) is 2. The van der Waals surface area contributed by atoms with Crippen LogP contribution >= 0.6 is 0 Å². The number of methoxy groups -OCH3 is 1. The molecule has 4 atom stereocenters. The first-order valence-electron chi connectivity index (χ1n) is 9.67. The van der Waals surface area contributed by atoms with Crippen LogP contribution in [0.4, 0.5) is 0 Å². The predicted octanol–water partition coefficient (Wildman–Crippen LogP) is -1.53. The van der Waals surface area contributed by atoms with Crippen LogP contribution < -0.4 is 27.0 Å². The summed E-state index contributed by atoms with van der Waals surface area (Å²) in [6, 6.07) is 6.35. The highest BCUT2D eigenvalue weighted by atomic mass is 16.5. The van der Waals surface area contributed by atoms with Gasteiger partial charge in [-0.3, -0.25) is 19.1 Å². The van der Waals surface area contributed by atoms with Crippen molar-refractivity contribution in [2.24, 2.45) is 0 Å². The quantitative estimate of drug-likeness (QED) is 0.428. The zero-order valence-corrected chi connectivity index (χ0v) is 17.0. The number of hydrogen-bond acceptors (Lipinski definition) is 6. The van der Waals surface area contributed by atoms with Crippen molar-refractivity contribution in [1.29, 1.82) is 0 Å². The summed E-state index contributed by atoms with van der Waals surface area (Å²) in [7, 11) is 1.59. The molecule has 1 aliphatic rings. The van der Waals surface area contributed by atoms with Gasteiger partial charge in [0, 0.05) is 24.6 Å². The van der Waals surface area contributed by atoms with E-state index in [4.69, 9.17) is 9.47 Å². The fraction of sp³-hybridized carbons (Fsp3) is 0.450. The number of aromatic amines is 1. The van der Waals surface area contributed by atoms with Crippen molar-refractivity contribution >= 4 is 5.91 Å². The molecule has 6 N–H and O–H groups in total. The highest BCUT2D eigenvalue weighted by molar-refractivity contribution is 5.80. The van der Waals surface area contributed by atoms with E-state index in [0.29, 0.717) is 12.0 Å². The minimum absolute atomic E-state index is 0.275. The van der Waals surface area contributed by atoms with Crippen molar-refractivity contribution in [2.75, 3.05) is 13.7 Å². The molecule has 30 heavy (non-hydrogen) atoms. The summed E-state index contributed by atoms with van der Waals surface area (Å²) in [5.74, 6) is 0.458. The van der Waals surface area contributed by atoms with Gasteiger partial charge in [-0.1, -0.05) is 12.1 Å². The zero-order chi connectivity index (χ0) is 21.8. The molecular weight excluding hydrogens is 392 g/mol. The molecule has 162 valence electrons. The topological polar surface area (TPSA) is 150 Å². The van der Waals surface area contributed by atoms with Gasteiger partial charge >= 0.3 is 5.69 Å². The molecule has 0 bridgehead atoms. The molecule has 3 rings (SSSR count). The fourth-order valence-corrected chi connectivity index (χ4v) is 3.46. The second kappa shape index (κ2) is 9.24. The van der Waals surface area contributed by atoms with Crippen LogP contribution in [-0.2, 0) is 16.0 Å². The highest BCUT2D eigenvalue weighted by Crippen LogP contribution is 2.27. The molecule has 2 heterocycles. The van der Waals surface area contributed by atoms with Crippen LogP contribution in [0.25, 0.3) is 0 Å². The van der Waals surface area contributed by atoms with Crippen molar-refractivity contribution in [3.8, 4) is 5.75 Å². The number of aliphatic hydroxyl groups is 1. The third-order valence-corrected chi connectivity index (χ3v) is 5.21. The molecule has 0 radical (unpaired) electrons. The van der Waals surface area contributed by atoms with Crippen molar-refractivity contribution in [3.05, 3.63) is 62.4 Å². The molecule has 1 amide bonds. The maximum absolute atomic E-state index is 12.6. The summed E-state index contributed by atoms with van der Waals surface area (Å²) in [4.78, 5) is 38.6. The lowest BCUT2D eigenvalue weighted by Crippen LogP contribution is -2.69. The summed E-state index contributed by atoms with van der Waals surface area (Å²) in [5.41, 5.74) is 4.18. The average Bonchev–Trinajstić information content (AvgIpc) is 3.13. The molecule has 1 aliphatic heterocycles. The Morgan fingerprint density at radius 1 is 1.40 bits per heavy atom. The summed E-state index contributed by atoms with van der Waals surface area (Å²) < 4.78 is 12.1. The lowest BCUT2D eigenvalue weighted by atomic mass is 10.0. The first-order valence-corrected chi connectivity index (χ1v) is 9.67. The maximum atomic E-state index is 12.6. The largest absolute Gasteiger partial charge is 0.497 e. The molecule has 10 heteroatoms. The number of aryl methyl sites for hydroxylation is 1. The van der Waals surface area contributed by atoms with Gasteiger partial charge in [-0.25, -0.2) is 4.79 Å². The van der Waals surface area contributed by atoms with E-state index in [2.05, 4.69) is 16.0 Å². The molecule has 1 aromatic heterocycles. The number of hydrogen-bond donors (Lipinski definition) is 4. The van der Waals surface area contributed by atoms with E-state index in [1.54, 1.807) is 14.0 Å². The minimum atomic E-state index is -0.708. The van der Waals surface area contributed by atoms with E-state index in [9.17, 15) is 19.5 Å². The van der Waals surface area contributed by atoms with Crippen molar-refractivity contribution in [2.45, 2.75) is 44.2 Å². The maximum Gasteiger partial charge on any atom is 0.330 e. The number of nitrogens with zero attached hydrogens (tertiary/aromatic N) is 1. The summed E-state index contributed by atoms with van der Waals surface area (Å²) in [6.07, 6.45) is 0.747. The van der Waals surface area contributed by atoms with Crippen LogP contribution in [0.5, 0.6) is 5.75 Å². The molecule has 0 aliphatic carbocycles. The van der Waals surface area contributed by atoms with E-state index < -0.39 is 35.7 Å². The van der Waals surface area contributed by atoms with Crippen LogP contribution in [0.1, 0.15) is 23.8 Å². The second-order valence-electron chi connectivity index (χ2n) is 7.39. The van der Waals surface area contributed by atoms with E-state index in [0.717, 1.165) is 11.3 Å². The number of ether oxygens (including phenoxy) is 2. The summed E-state index contributed by atoms with van der Waals surface area (Å²) >= 11 is 0. The molecular formula is C20H27N4O6+.